The van der Waals surface area contributed by atoms with Crippen molar-refractivity contribution in [1.82, 2.24) is 4.98 Å². The van der Waals surface area contributed by atoms with Crippen molar-refractivity contribution in [2.75, 3.05) is 36.5 Å². The molecule has 0 saturated heterocycles. The highest BCUT2D eigenvalue weighted by molar-refractivity contribution is 7.09. The van der Waals surface area contributed by atoms with Crippen molar-refractivity contribution in [2.24, 2.45) is 5.73 Å². The number of thiazole rings is 1. The number of benzene rings is 1. The van der Waals surface area contributed by atoms with Gasteiger partial charge in [-0.15, -0.1) is 11.3 Å². The standard InChI is InChI=1S/C15H20N4S/c1-18-8-9-19(14-5-3-2-4-13(14)18)10-12-11-20-15(17-12)6-7-16/h2-5,11H,6-10,16H2,1H3. The Morgan fingerprint density at radius 1 is 1.25 bits per heavy atom. The summed E-state index contributed by atoms with van der Waals surface area (Å²) in [5.41, 5.74) is 9.34. The molecule has 0 amide bonds. The van der Waals surface area contributed by atoms with Crippen molar-refractivity contribution in [3.05, 3.63) is 40.3 Å². The maximum Gasteiger partial charge on any atom is 0.0941 e. The number of rotatable bonds is 4. The van der Waals surface area contributed by atoms with Crippen LogP contribution in [0.5, 0.6) is 0 Å². The van der Waals surface area contributed by atoms with Gasteiger partial charge in [0.1, 0.15) is 0 Å². The van der Waals surface area contributed by atoms with Gasteiger partial charge >= 0.3 is 0 Å². The van der Waals surface area contributed by atoms with E-state index in [1.54, 1.807) is 11.3 Å². The molecule has 1 aromatic carbocycles. The Morgan fingerprint density at radius 2 is 2.05 bits per heavy atom. The van der Waals surface area contributed by atoms with Crippen molar-refractivity contribution in [2.45, 2.75) is 13.0 Å². The van der Waals surface area contributed by atoms with Crippen molar-refractivity contribution in [3.63, 3.8) is 0 Å². The number of likely N-dealkylation sites (N-methyl/N-ethyl adjacent to an activating group) is 1. The number of nitrogens with two attached hydrogens (primary N) is 1. The smallest absolute Gasteiger partial charge is 0.0941 e. The Balaban J connectivity index is 1.79. The van der Waals surface area contributed by atoms with E-state index in [0.717, 1.165) is 36.8 Å². The number of nitrogens with zero attached hydrogens (tertiary/aromatic N) is 3. The van der Waals surface area contributed by atoms with Crippen LogP contribution in [0.3, 0.4) is 0 Å². The minimum absolute atomic E-state index is 0.671. The first kappa shape index (κ1) is 13.4. The van der Waals surface area contributed by atoms with E-state index >= 15 is 0 Å². The molecule has 0 bridgehead atoms. The molecule has 1 aliphatic rings. The molecule has 0 aliphatic carbocycles. The maximum atomic E-state index is 5.58. The molecule has 0 unspecified atom stereocenters. The molecule has 1 aromatic heterocycles. The number of hydrogen-bond donors (Lipinski definition) is 1. The van der Waals surface area contributed by atoms with Crippen LogP contribution in [0.2, 0.25) is 0 Å². The van der Waals surface area contributed by atoms with Gasteiger partial charge in [-0.05, 0) is 18.7 Å². The highest BCUT2D eigenvalue weighted by Gasteiger charge is 2.20. The molecule has 0 saturated carbocycles. The largest absolute Gasteiger partial charge is 0.371 e. The van der Waals surface area contributed by atoms with Crippen LogP contribution in [0.15, 0.2) is 29.6 Å². The Bertz CT molecular complexity index is 581. The Kier molecular flexibility index (Phi) is 3.89. The topological polar surface area (TPSA) is 45.4 Å². The highest BCUT2D eigenvalue weighted by atomic mass is 32.1. The second-order valence-corrected chi connectivity index (χ2v) is 6.05. The second-order valence-electron chi connectivity index (χ2n) is 5.10. The zero-order valence-electron chi connectivity index (χ0n) is 11.7. The summed E-state index contributed by atoms with van der Waals surface area (Å²) >= 11 is 1.72. The summed E-state index contributed by atoms with van der Waals surface area (Å²) in [5.74, 6) is 0. The summed E-state index contributed by atoms with van der Waals surface area (Å²) in [6.07, 6.45) is 0.879. The molecule has 3 rings (SSSR count). The van der Waals surface area contributed by atoms with Gasteiger partial charge in [-0.1, -0.05) is 12.1 Å². The van der Waals surface area contributed by atoms with Gasteiger partial charge in [0.2, 0.25) is 0 Å². The second kappa shape index (κ2) is 5.81. The number of aromatic nitrogens is 1. The molecule has 5 heteroatoms. The average molecular weight is 288 g/mol. The van der Waals surface area contributed by atoms with Crippen molar-refractivity contribution < 1.29 is 0 Å². The van der Waals surface area contributed by atoms with Gasteiger partial charge in [0, 0.05) is 31.9 Å². The number of para-hydroxylation sites is 2. The van der Waals surface area contributed by atoms with E-state index in [9.17, 15) is 0 Å². The molecule has 0 spiro atoms. The van der Waals surface area contributed by atoms with Crippen LogP contribution in [0, 0.1) is 0 Å². The van der Waals surface area contributed by atoms with E-state index in [1.165, 1.54) is 11.4 Å². The Morgan fingerprint density at radius 3 is 2.85 bits per heavy atom. The van der Waals surface area contributed by atoms with E-state index in [2.05, 4.69) is 51.5 Å². The SMILES string of the molecule is CN1CCN(Cc2csc(CCN)n2)c2ccccc21. The molecule has 2 aromatic rings. The van der Waals surface area contributed by atoms with Gasteiger partial charge in [-0.25, -0.2) is 4.98 Å². The number of hydrogen-bond acceptors (Lipinski definition) is 5. The fraction of sp³-hybridized carbons (Fsp3) is 0.400. The lowest BCUT2D eigenvalue weighted by molar-refractivity contribution is 0.725. The Labute approximate surface area is 123 Å². The fourth-order valence-corrected chi connectivity index (χ4v) is 3.39. The van der Waals surface area contributed by atoms with Crippen LogP contribution in [0.1, 0.15) is 10.7 Å². The van der Waals surface area contributed by atoms with Gasteiger partial charge in [0.05, 0.1) is 28.6 Å². The lowest BCUT2D eigenvalue weighted by atomic mass is 10.1. The molecule has 2 N–H and O–H groups in total. The minimum atomic E-state index is 0.671. The monoisotopic (exact) mass is 288 g/mol. The van der Waals surface area contributed by atoms with Crippen LogP contribution in [-0.2, 0) is 13.0 Å². The molecule has 2 heterocycles. The van der Waals surface area contributed by atoms with E-state index < -0.39 is 0 Å². The first-order chi connectivity index (χ1) is 9.78. The minimum Gasteiger partial charge on any atom is -0.371 e. The van der Waals surface area contributed by atoms with Gasteiger partial charge in [-0.3, -0.25) is 0 Å². The lowest BCUT2D eigenvalue weighted by Gasteiger charge is -2.36. The molecule has 0 fully saturated rings. The van der Waals surface area contributed by atoms with Gasteiger partial charge in [0.25, 0.3) is 0 Å². The van der Waals surface area contributed by atoms with E-state index in [0.29, 0.717) is 6.54 Å². The van der Waals surface area contributed by atoms with Crippen LogP contribution >= 0.6 is 11.3 Å². The van der Waals surface area contributed by atoms with E-state index in [4.69, 9.17) is 5.73 Å². The fourth-order valence-electron chi connectivity index (χ4n) is 2.59. The van der Waals surface area contributed by atoms with E-state index in [-0.39, 0.29) is 0 Å². The molecule has 1 aliphatic heterocycles. The molecule has 0 radical (unpaired) electrons. The predicted molar refractivity (Wildman–Crippen MR) is 85.6 cm³/mol. The third kappa shape index (κ3) is 2.64. The summed E-state index contributed by atoms with van der Waals surface area (Å²) < 4.78 is 0. The molecule has 4 nitrogen and oxygen atoms in total. The zero-order valence-corrected chi connectivity index (χ0v) is 12.6. The average Bonchev–Trinajstić information content (AvgIpc) is 2.90. The molecular weight excluding hydrogens is 268 g/mol. The van der Waals surface area contributed by atoms with Gasteiger partial charge < -0.3 is 15.5 Å². The van der Waals surface area contributed by atoms with Gasteiger partial charge in [0.15, 0.2) is 0 Å². The summed E-state index contributed by atoms with van der Waals surface area (Å²) in [4.78, 5) is 9.39. The summed E-state index contributed by atoms with van der Waals surface area (Å²) in [6, 6.07) is 8.58. The first-order valence-corrected chi connectivity index (χ1v) is 7.84. The van der Waals surface area contributed by atoms with Crippen molar-refractivity contribution in [1.29, 1.82) is 0 Å². The third-order valence-electron chi connectivity index (χ3n) is 3.65. The number of fused-ring (bicyclic) bond motifs is 1. The molecule has 20 heavy (non-hydrogen) atoms. The third-order valence-corrected chi connectivity index (χ3v) is 4.61. The quantitative estimate of drug-likeness (QED) is 0.936. The normalized spacial score (nSPS) is 14.5. The van der Waals surface area contributed by atoms with Crippen molar-refractivity contribution >= 4 is 22.7 Å². The lowest BCUT2D eigenvalue weighted by Crippen LogP contribution is -2.38. The zero-order chi connectivity index (χ0) is 13.9. The molecular formula is C15H20N4S. The maximum absolute atomic E-state index is 5.58. The first-order valence-electron chi connectivity index (χ1n) is 6.96. The highest BCUT2D eigenvalue weighted by Crippen LogP contribution is 2.32. The van der Waals surface area contributed by atoms with Crippen LogP contribution in [-0.4, -0.2) is 31.7 Å². The van der Waals surface area contributed by atoms with Crippen LogP contribution < -0.4 is 15.5 Å². The van der Waals surface area contributed by atoms with Crippen LogP contribution in [0.25, 0.3) is 0 Å². The molecule has 0 atom stereocenters. The summed E-state index contributed by atoms with van der Waals surface area (Å²) in [7, 11) is 2.15. The van der Waals surface area contributed by atoms with Crippen molar-refractivity contribution in [3.8, 4) is 0 Å². The van der Waals surface area contributed by atoms with E-state index in [1.807, 2.05) is 0 Å². The number of anilines is 2. The predicted octanol–water partition coefficient (Wildman–Crippen LogP) is 2.10. The van der Waals surface area contributed by atoms with Crippen LogP contribution in [0.4, 0.5) is 11.4 Å². The summed E-state index contributed by atoms with van der Waals surface area (Å²) in [6.45, 7) is 3.64. The van der Waals surface area contributed by atoms with Gasteiger partial charge in [-0.2, -0.15) is 0 Å². The Hall–Kier alpha value is -1.59. The molecule has 106 valence electrons. The summed E-state index contributed by atoms with van der Waals surface area (Å²) in [5, 5.41) is 3.30.